The molecule has 0 unspecified atom stereocenters. The topological polar surface area (TPSA) is 76.6 Å². The van der Waals surface area contributed by atoms with E-state index in [2.05, 4.69) is 16.3 Å². The van der Waals surface area contributed by atoms with Crippen molar-refractivity contribution in [1.29, 1.82) is 0 Å². The van der Waals surface area contributed by atoms with Crippen molar-refractivity contribution in [2.75, 3.05) is 18.0 Å². The summed E-state index contributed by atoms with van der Waals surface area (Å²) in [5, 5.41) is 3.42. The molecule has 2 rings (SSSR count). The second kappa shape index (κ2) is 6.37. The summed E-state index contributed by atoms with van der Waals surface area (Å²) in [7, 11) is -2.47. The van der Waals surface area contributed by atoms with Crippen molar-refractivity contribution in [2.45, 2.75) is 4.90 Å². The highest BCUT2D eigenvalue weighted by molar-refractivity contribution is 7.93. The highest BCUT2D eigenvalue weighted by atomic mass is 32.2. The second-order valence-corrected chi connectivity index (χ2v) is 7.43. The number of rotatable bonds is 6. The van der Waals surface area contributed by atoms with Gasteiger partial charge in [0, 0.05) is 5.38 Å². The van der Waals surface area contributed by atoms with E-state index in [1.807, 2.05) is 0 Å². The number of hydrogen-bond donors (Lipinski definition) is 0. The van der Waals surface area contributed by atoms with Gasteiger partial charge in [0.15, 0.2) is 5.13 Å². The first kappa shape index (κ1) is 15.7. The molecule has 0 aliphatic heterocycles. The van der Waals surface area contributed by atoms with Crippen LogP contribution in [0.2, 0.25) is 0 Å². The minimum atomic E-state index is -3.72. The van der Waals surface area contributed by atoms with Gasteiger partial charge in [-0.1, -0.05) is 17.4 Å². The van der Waals surface area contributed by atoms with E-state index in [4.69, 9.17) is 0 Å². The number of nitrogens with zero attached hydrogens (tertiary/aromatic N) is 2. The fourth-order valence-corrected chi connectivity index (χ4v) is 4.96. The number of methoxy groups -OCH3 is 1. The van der Waals surface area contributed by atoms with E-state index in [9.17, 15) is 13.2 Å². The smallest absolute Gasteiger partial charge is 0.349 e. The molecule has 21 heavy (non-hydrogen) atoms. The van der Waals surface area contributed by atoms with Gasteiger partial charge in [0.2, 0.25) is 0 Å². The Hall–Kier alpha value is -1.71. The quantitative estimate of drug-likeness (QED) is 0.594. The van der Waals surface area contributed by atoms with Crippen LogP contribution >= 0.6 is 22.7 Å². The molecular weight excluding hydrogens is 332 g/mol. The third-order valence-electron chi connectivity index (χ3n) is 2.47. The van der Waals surface area contributed by atoms with Crippen LogP contribution in [0.15, 0.2) is 40.6 Å². The van der Waals surface area contributed by atoms with Crippen LogP contribution < -0.4 is 4.31 Å². The van der Waals surface area contributed by atoms with Gasteiger partial charge >= 0.3 is 5.97 Å². The van der Waals surface area contributed by atoms with Gasteiger partial charge in [0.1, 0.15) is 4.88 Å². The molecule has 0 N–H and O–H groups in total. The first-order valence-electron chi connectivity index (χ1n) is 5.70. The standard InChI is InChI=1S/C12H12N2O4S3/c1-3-5-14(21(16,17)9-4-6-19-8-9)12-13-7-10(20-12)11(15)18-2/h3-4,6-8H,1,5H2,2H3. The molecule has 0 bridgehead atoms. The zero-order valence-corrected chi connectivity index (χ0v) is 13.5. The molecule has 0 saturated heterocycles. The summed E-state index contributed by atoms with van der Waals surface area (Å²) >= 11 is 2.24. The molecule has 0 aliphatic carbocycles. The fraction of sp³-hybridized carbons (Fsp3) is 0.167. The Bertz CT molecular complexity index is 734. The van der Waals surface area contributed by atoms with Gasteiger partial charge in [-0.2, -0.15) is 11.3 Å². The van der Waals surface area contributed by atoms with Gasteiger partial charge in [-0.05, 0) is 11.4 Å². The average Bonchev–Trinajstić information content (AvgIpc) is 3.14. The van der Waals surface area contributed by atoms with Crippen molar-refractivity contribution in [3.63, 3.8) is 0 Å². The number of anilines is 1. The lowest BCUT2D eigenvalue weighted by Crippen LogP contribution is -2.30. The zero-order chi connectivity index (χ0) is 15.5. The average molecular weight is 344 g/mol. The summed E-state index contributed by atoms with van der Waals surface area (Å²) in [6.45, 7) is 3.62. The number of esters is 1. The molecule has 0 aliphatic rings. The predicted molar refractivity (Wildman–Crippen MR) is 82.5 cm³/mol. The van der Waals surface area contributed by atoms with Crippen LogP contribution in [0.3, 0.4) is 0 Å². The summed E-state index contributed by atoms with van der Waals surface area (Å²) in [6, 6.07) is 1.52. The normalized spacial score (nSPS) is 11.1. The van der Waals surface area contributed by atoms with E-state index < -0.39 is 16.0 Å². The van der Waals surface area contributed by atoms with E-state index in [1.54, 1.807) is 10.8 Å². The second-order valence-electron chi connectivity index (χ2n) is 3.78. The largest absolute Gasteiger partial charge is 0.465 e. The number of thiophene rings is 1. The molecule has 0 spiro atoms. The SMILES string of the molecule is C=CCN(c1ncc(C(=O)OC)s1)S(=O)(=O)c1ccsc1. The van der Waals surface area contributed by atoms with Crippen molar-refractivity contribution in [1.82, 2.24) is 4.98 Å². The summed E-state index contributed by atoms with van der Waals surface area (Å²) in [4.78, 5) is 15.9. The van der Waals surface area contributed by atoms with E-state index in [0.717, 1.165) is 15.6 Å². The Morgan fingerprint density at radius 1 is 1.57 bits per heavy atom. The monoisotopic (exact) mass is 344 g/mol. The van der Waals surface area contributed by atoms with E-state index in [-0.39, 0.29) is 21.4 Å². The third-order valence-corrected chi connectivity index (χ3v) is 6.17. The van der Waals surface area contributed by atoms with Crippen LogP contribution in [0.25, 0.3) is 0 Å². The molecule has 0 fully saturated rings. The number of ether oxygens (including phenoxy) is 1. The molecule has 112 valence electrons. The van der Waals surface area contributed by atoms with Crippen molar-refractivity contribution in [2.24, 2.45) is 0 Å². The van der Waals surface area contributed by atoms with Crippen LogP contribution in [-0.2, 0) is 14.8 Å². The summed E-state index contributed by atoms with van der Waals surface area (Å²) in [5.41, 5.74) is 0. The Morgan fingerprint density at radius 3 is 2.90 bits per heavy atom. The van der Waals surface area contributed by atoms with E-state index in [0.29, 0.717) is 0 Å². The first-order valence-corrected chi connectivity index (χ1v) is 8.90. The predicted octanol–water partition coefficient (Wildman–Crippen LogP) is 2.37. The number of hydrogen-bond acceptors (Lipinski definition) is 7. The maximum atomic E-state index is 12.6. The molecule has 2 heterocycles. The lowest BCUT2D eigenvalue weighted by Gasteiger charge is -2.19. The zero-order valence-electron chi connectivity index (χ0n) is 11.1. The maximum Gasteiger partial charge on any atom is 0.349 e. The summed E-state index contributed by atoms with van der Waals surface area (Å²) in [5.74, 6) is -0.551. The lowest BCUT2D eigenvalue weighted by molar-refractivity contribution is 0.0606. The van der Waals surface area contributed by atoms with Gasteiger partial charge in [0.25, 0.3) is 10.0 Å². The molecule has 0 atom stereocenters. The van der Waals surface area contributed by atoms with Gasteiger partial charge < -0.3 is 4.74 Å². The van der Waals surface area contributed by atoms with Crippen LogP contribution in [0.5, 0.6) is 0 Å². The Morgan fingerprint density at radius 2 is 2.33 bits per heavy atom. The fourth-order valence-electron chi connectivity index (χ4n) is 1.50. The van der Waals surface area contributed by atoms with Crippen molar-refractivity contribution in [3.8, 4) is 0 Å². The number of carbonyl (C=O) groups is 1. The Balaban J connectivity index is 2.42. The van der Waals surface area contributed by atoms with Crippen LogP contribution in [0.4, 0.5) is 5.13 Å². The molecule has 6 nitrogen and oxygen atoms in total. The number of thiazole rings is 1. The highest BCUT2D eigenvalue weighted by Gasteiger charge is 2.27. The van der Waals surface area contributed by atoms with Gasteiger partial charge in [-0.15, -0.1) is 6.58 Å². The minimum Gasteiger partial charge on any atom is -0.465 e. The maximum absolute atomic E-state index is 12.6. The van der Waals surface area contributed by atoms with Crippen molar-refractivity contribution < 1.29 is 17.9 Å². The molecule has 0 saturated carbocycles. The van der Waals surface area contributed by atoms with Gasteiger partial charge in [0.05, 0.1) is 24.7 Å². The number of carbonyl (C=O) groups excluding carboxylic acids is 1. The van der Waals surface area contributed by atoms with Crippen LogP contribution in [0.1, 0.15) is 9.67 Å². The first-order chi connectivity index (χ1) is 10.0. The molecule has 0 radical (unpaired) electrons. The number of sulfonamides is 1. The van der Waals surface area contributed by atoms with Crippen LogP contribution in [-0.4, -0.2) is 33.0 Å². The third kappa shape index (κ3) is 3.14. The van der Waals surface area contributed by atoms with Crippen molar-refractivity contribution >= 4 is 43.8 Å². The Kier molecular flexibility index (Phi) is 4.76. The molecule has 9 heteroatoms. The highest BCUT2D eigenvalue weighted by Crippen LogP contribution is 2.29. The number of aromatic nitrogens is 1. The molecule has 0 aromatic carbocycles. The van der Waals surface area contributed by atoms with E-state index in [1.165, 1.54) is 36.8 Å². The lowest BCUT2D eigenvalue weighted by atomic mass is 10.6. The van der Waals surface area contributed by atoms with Crippen molar-refractivity contribution in [3.05, 3.63) is 40.6 Å². The van der Waals surface area contributed by atoms with Gasteiger partial charge in [-0.25, -0.2) is 22.5 Å². The summed E-state index contributed by atoms with van der Waals surface area (Å²) in [6.07, 6.45) is 2.76. The molecule has 2 aromatic heterocycles. The minimum absolute atomic E-state index is 0.0618. The molecule has 0 amide bonds. The van der Waals surface area contributed by atoms with Crippen LogP contribution in [0, 0.1) is 0 Å². The Labute approximate surface area is 130 Å². The van der Waals surface area contributed by atoms with E-state index >= 15 is 0 Å². The molecule has 2 aromatic rings. The summed E-state index contributed by atoms with van der Waals surface area (Å²) < 4.78 is 30.8. The van der Waals surface area contributed by atoms with Gasteiger partial charge in [-0.3, -0.25) is 0 Å². The molecular formula is C12H12N2O4S3.